The molecule has 0 saturated heterocycles. The fraction of sp³-hybridized carbons (Fsp3) is 0.0185. The summed E-state index contributed by atoms with van der Waals surface area (Å²) in [5, 5.41) is 0. The van der Waals surface area contributed by atoms with Crippen LogP contribution in [0.3, 0.4) is 0 Å². The van der Waals surface area contributed by atoms with Gasteiger partial charge in [0.05, 0.1) is 45.7 Å². The third-order valence-corrected chi connectivity index (χ3v) is 12.5. The van der Waals surface area contributed by atoms with Crippen LogP contribution in [0.25, 0.3) is 0 Å². The van der Waals surface area contributed by atoms with Gasteiger partial charge < -0.3 is 14.7 Å². The molecule has 12 rings (SSSR count). The molecule has 0 saturated carbocycles. The van der Waals surface area contributed by atoms with Gasteiger partial charge in [-0.1, -0.05) is 157 Å². The number of para-hydroxylation sites is 5. The summed E-state index contributed by atoms with van der Waals surface area (Å²) in [6, 6.07) is 78.0. The summed E-state index contributed by atoms with van der Waals surface area (Å²) in [7, 11) is 0. The normalized spacial score (nSPS) is 14.1. The highest BCUT2D eigenvalue weighted by atomic mass is 15.3. The number of pyridine rings is 1. The first-order valence-corrected chi connectivity index (χ1v) is 20.3. The lowest BCUT2D eigenvalue weighted by molar-refractivity contribution is 0.750. The zero-order valence-electron chi connectivity index (χ0n) is 32.2. The van der Waals surface area contributed by atoms with Crippen molar-refractivity contribution in [1.29, 1.82) is 0 Å². The Bertz CT molecular complexity index is 2970. The molecule has 0 fully saturated rings. The van der Waals surface area contributed by atoms with Crippen LogP contribution in [0.2, 0.25) is 0 Å². The lowest BCUT2D eigenvalue weighted by Crippen LogP contribution is -2.65. The summed E-state index contributed by atoms with van der Waals surface area (Å²) in [4.78, 5) is 12.2. The van der Waals surface area contributed by atoms with E-state index < -0.39 is 5.41 Å². The lowest BCUT2D eigenvalue weighted by Gasteiger charge is -2.51. The summed E-state index contributed by atoms with van der Waals surface area (Å²) in [6.07, 6.45) is 3.85. The zero-order valence-corrected chi connectivity index (χ0v) is 32.2. The first-order chi connectivity index (χ1) is 29.3. The van der Waals surface area contributed by atoms with E-state index in [1.807, 2.05) is 18.5 Å². The van der Waals surface area contributed by atoms with E-state index in [4.69, 9.17) is 4.98 Å². The molecule has 9 aromatic rings. The van der Waals surface area contributed by atoms with Crippen molar-refractivity contribution in [1.82, 2.24) is 4.98 Å². The van der Waals surface area contributed by atoms with Crippen molar-refractivity contribution >= 4 is 74.3 Å². The Morgan fingerprint density at radius 3 is 1.47 bits per heavy atom. The van der Waals surface area contributed by atoms with Crippen molar-refractivity contribution in [3.05, 3.63) is 247 Å². The molecule has 0 aliphatic carbocycles. The van der Waals surface area contributed by atoms with Gasteiger partial charge in [-0.25, -0.2) is 0 Å². The number of rotatable bonds is 5. The van der Waals surface area contributed by atoms with E-state index in [1.165, 1.54) is 50.0 Å². The number of anilines is 9. The van der Waals surface area contributed by atoms with E-state index in [0.29, 0.717) is 0 Å². The fourth-order valence-electron chi connectivity index (χ4n) is 10.4. The predicted octanol–water partition coefficient (Wildman–Crippen LogP) is 11.3. The minimum absolute atomic E-state index is 0.0418. The molecule has 4 nitrogen and oxygen atoms in total. The largest absolute Gasteiger partial charge is 0.309 e. The summed E-state index contributed by atoms with van der Waals surface area (Å²) in [5.41, 5.74) is 18.2. The molecule has 59 heavy (non-hydrogen) atoms. The van der Waals surface area contributed by atoms with Gasteiger partial charge in [0.2, 0.25) is 6.71 Å². The molecule has 0 spiro atoms. The van der Waals surface area contributed by atoms with Crippen LogP contribution in [-0.4, -0.2) is 11.7 Å². The summed E-state index contributed by atoms with van der Waals surface area (Å²) >= 11 is 0. The van der Waals surface area contributed by atoms with Crippen LogP contribution < -0.4 is 31.1 Å². The molecule has 0 unspecified atom stereocenters. The Balaban J connectivity index is 1.35. The molecule has 0 atom stereocenters. The molecule has 0 amide bonds. The van der Waals surface area contributed by atoms with Crippen LogP contribution in [-0.2, 0) is 5.41 Å². The first kappa shape index (κ1) is 33.5. The van der Waals surface area contributed by atoms with E-state index in [2.05, 4.69) is 221 Å². The van der Waals surface area contributed by atoms with E-state index >= 15 is 0 Å². The standard InChI is InChI=1S/C54H37BN4/c1-5-20-38(21-6-1)54(39-22-7-2-8-23-39)43-29-13-14-30-45(43)55-46-31-15-16-32-47(46)58(40-24-9-3-10-25-40)53-51(55)44(54)36-50-52(53)59(41-26-11-4-12-27-41)49-34-18-17-33-48(49)57(50)42-28-19-35-56-37-42/h1-37H. The number of hydrogen-bond donors (Lipinski definition) is 0. The van der Waals surface area contributed by atoms with Crippen LogP contribution in [0, 0.1) is 0 Å². The monoisotopic (exact) mass is 752 g/mol. The molecule has 276 valence electrons. The Morgan fingerprint density at radius 2 is 0.864 bits per heavy atom. The first-order valence-electron chi connectivity index (χ1n) is 20.3. The van der Waals surface area contributed by atoms with Crippen molar-refractivity contribution in [2.75, 3.05) is 14.7 Å². The molecule has 5 heteroatoms. The molecule has 0 bridgehead atoms. The van der Waals surface area contributed by atoms with Gasteiger partial charge in [-0.3, -0.25) is 4.98 Å². The van der Waals surface area contributed by atoms with Crippen molar-refractivity contribution in [3.63, 3.8) is 0 Å². The maximum absolute atomic E-state index is 4.72. The Kier molecular flexibility index (Phi) is 7.51. The lowest BCUT2D eigenvalue weighted by atomic mass is 9.29. The average Bonchev–Trinajstić information content (AvgIpc) is 3.32. The second-order valence-electron chi connectivity index (χ2n) is 15.5. The maximum atomic E-state index is 4.72. The van der Waals surface area contributed by atoms with Crippen LogP contribution >= 0.6 is 0 Å². The van der Waals surface area contributed by atoms with Crippen molar-refractivity contribution in [2.45, 2.75) is 5.41 Å². The highest BCUT2D eigenvalue weighted by Crippen LogP contribution is 2.61. The Labute approximate surface area is 345 Å². The van der Waals surface area contributed by atoms with E-state index in [0.717, 1.165) is 39.8 Å². The summed E-state index contributed by atoms with van der Waals surface area (Å²) in [6.45, 7) is -0.0418. The molecule has 4 heterocycles. The van der Waals surface area contributed by atoms with E-state index in [1.54, 1.807) is 0 Å². The molecule has 3 aliphatic heterocycles. The summed E-state index contributed by atoms with van der Waals surface area (Å²) in [5.74, 6) is 0. The van der Waals surface area contributed by atoms with Gasteiger partial charge in [0.1, 0.15) is 0 Å². The number of benzene rings is 8. The topological polar surface area (TPSA) is 22.6 Å². The molecule has 0 N–H and O–H groups in total. The quantitative estimate of drug-likeness (QED) is 0.163. The van der Waals surface area contributed by atoms with Gasteiger partial charge in [-0.15, -0.1) is 0 Å². The molecule has 1 aromatic heterocycles. The van der Waals surface area contributed by atoms with Crippen LogP contribution in [0.4, 0.5) is 51.2 Å². The van der Waals surface area contributed by atoms with Crippen LogP contribution in [0.1, 0.15) is 22.3 Å². The van der Waals surface area contributed by atoms with Gasteiger partial charge in [-0.2, -0.15) is 0 Å². The maximum Gasteiger partial charge on any atom is 0.247 e. The number of nitrogens with zero attached hydrogens (tertiary/aromatic N) is 4. The Hall–Kier alpha value is -7.63. The van der Waals surface area contributed by atoms with Crippen molar-refractivity contribution < 1.29 is 0 Å². The third kappa shape index (κ3) is 4.76. The molecule has 8 aromatic carbocycles. The van der Waals surface area contributed by atoms with Crippen molar-refractivity contribution in [2.24, 2.45) is 0 Å². The number of fused-ring (bicyclic) bond motifs is 7. The highest BCUT2D eigenvalue weighted by Gasteiger charge is 2.53. The average molecular weight is 753 g/mol. The second kappa shape index (κ2) is 13.2. The summed E-state index contributed by atoms with van der Waals surface area (Å²) < 4.78 is 0. The van der Waals surface area contributed by atoms with E-state index in [9.17, 15) is 0 Å². The number of aromatic nitrogens is 1. The third-order valence-electron chi connectivity index (χ3n) is 12.5. The number of hydrogen-bond acceptors (Lipinski definition) is 4. The molecular formula is C54H37BN4. The minimum atomic E-state index is -0.668. The molecule has 3 aliphatic rings. The smallest absolute Gasteiger partial charge is 0.247 e. The van der Waals surface area contributed by atoms with Gasteiger partial charge in [0.25, 0.3) is 0 Å². The van der Waals surface area contributed by atoms with Gasteiger partial charge in [0.15, 0.2) is 0 Å². The predicted molar refractivity (Wildman–Crippen MR) is 245 cm³/mol. The Morgan fingerprint density at radius 1 is 0.373 bits per heavy atom. The van der Waals surface area contributed by atoms with Gasteiger partial charge >= 0.3 is 0 Å². The van der Waals surface area contributed by atoms with E-state index in [-0.39, 0.29) is 6.71 Å². The van der Waals surface area contributed by atoms with Crippen molar-refractivity contribution in [3.8, 4) is 0 Å². The molecule has 0 radical (unpaired) electrons. The second-order valence-corrected chi connectivity index (χ2v) is 15.5. The highest BCUT2D eigenvalue weighted by molar-refractivity contribution is 6.99. The zero-order chi connectivity index (χ0) is 38.9. The SMILES string of the molecule is c1ccc(N2c3ccccc3N(c3cccnc3)c3cc4c5c(c32)N(c2ccccc2)c2ccccc2B5c2ccccc2C4(c2ccccc2)c2ccccc2)cc1. The van der Waals surface area contributed by atoms with Crippen LogP contribution in [0.15, 0.2) is 225 Å². The molecular weight excluding hydrogens is 715 g/mol. The minimum Gasteiger partial charge on any atom is -0.309 e. The van der Waals surface area contributed by atoms with Crippen LogP contribution in [0.5, 0.6) is 0 Å². The fourth-order valence-corrected chi connectivity index (χ4v) is 10.4. The van der Waals surface area contributed by atoms with Gasteiger partial charge in [-0.05, 0) is 93.8 Å². The van der Waals surface area contributed by atoms with Gasteiger partial charge in [0, 0.05) is 23.3 Å².